The maximum Gasteiger partial charge on any atom is 0.256 e. The molecule has 0 radical (unpaired) electrons. The maximum absolute atomic E-state index is 12.3. The summed E-state index contributed by atoms with van der Waals surface area (Å²) in [6.45, 7) is 8.58. The third-order valence-electron chi connectivity index (χ3n) is 3.41. The van der Waals surface area contributed by atoms with E-state index in [-0.39, 0.29) is 5.91 Å². The van der Waals surface area contributed by atoms with Crippen LogP contribution in [0.2, 0.25) is 0 Å². The van der Waals surface area contributed by atoms with Crippen molar-refractivity contribution in [1.82, 2.24) is 0 Å². The van der Waals surface area contributed by atoms with Crippen molar-refractivity contribution >= 4 is 11.6 Å². The molecule has 0 bridgehead atoms. The Labute approximate surface area is 126 Å². The molecule has 5 nitrogen and oxygen atoms in total. The van der Waals surface area contributed by atoms with E-state index in [4.69, 9.17) is 14.2 Å². The van der Waals surface area contributed by atoms with Gasteiger partial charge in [-0.3, -0.25) is 4.79 Å². The van der Waals surface area contributed by atoms with Gasteiger partial charge in [-0.2, -0.15) is 0 Å². The van der Waals surface area contributed by atoms with E-state index in [0.29, 0.717) is 36.8 Å². The number of benzene rings is 1. The Morgan fingerprint density at radius 2 is 1.76 bits per heavy atom. The van der Waals surface area contributed by atoms with Gasteiger partial charge in [0.05, 0.1) is 13.2 Å². The number of carbonyl (C=O) groups is 1. The molecular formula is C16H25NO4. The number of anilines is 1. The first-order chi connectivity index (χ1) is 10.0. The molecule has 118 valence electrons. The highest BCUT2D eigenvalue weighted by atomic mass is 16.5. The van der Waals surface area contributed by atoms with Crippen LogP contribution in [0.1, 0.15) is 34.1 Å². The highest BCUT2D eigenvalue weighted by Gasteiger charge is 2.31. The molecule has 0 aliphatic carbocycles. The van der Waals surface area contributed by atoms with Gasteiger partial charge in [-0.05, 0) is 39.3 Å². The number of rotatable bonds is 8. The molecule has 1 N–H and O–H groups in total. The molecular weight excluding hydrogens is 270 g/mol. The second-order valence-corrected chi connectivity index (χ2v) is 4.77. The molecule has 0 aliphatic rings. The van der Waals surface area contributed by atoms with E-state index in [1.807, 2.05) is 20.8 Å². The highest BCUT2D eigenvalue weighted by Crippen LogP contribution is 2.31. The summed E-state index contributed by atoms with van der Waals surface area (Å²) >= 11 is 0. The number of methoxy groups -OCH3 is 1. The zero-order valence-electron chi connectivity index (χ0n) is 13.5. The van der Waals surface area contributed by atoms with Crippen molar-refractivity contribution in [2.45, 2.75) is 39.7 Å². The van der Waals surface area contributed by atoms with Crippen LogP contribution < -0.4 is 14.8 Å². The lowest BCUT2D eigenvalue weighted by Gasteiger charge is -2.25. The first-order valence-corrected chi connectivity index (χ1v) is 7.27. The predicted octanol–water partition coefficient (Wildman–Crippen LogP) is 3.24. The fourth-order valence-corrected chi connectivity index (χ4v) is 1.79. The molecule has 0 saturated carbocycles. The normalized spacial score (nSPS) is 13.4. The molecule has 1 atom stereocenters. The molecule has 5 heteroatoms. The lowest BCUT2D eigenvalue weighted by Crippen LogP contribution is -2.41. The smallest absolute Gasteiger partial charge is 0.256 e. The zero-order valence-corrected chi connectivity index (χ0v) is 13.5. The van der Waals surface area contributed by atoms with Gasteiger partial charge in [0.1, 0.15) is 5.60 Å². The van der Waals surface area contributed by atoms with Gasteiger partial charge < -0.3 is 19.5 Å². The lowest BCUT2D eigenvalue weighted by molar-refractivity contribution is -0.136. The molecule has 21 heavy (non-hydrogen) atoms. The van der Waals surface area contributed by atoms with Crippen molar-refractivity contribution < 1.29 is 19.0 Å². The Morgan fingerprint density at radius 1 is 1.14 bits per heavy atom. The van der Waals surface area contributed by atoms with Gasteiger partial charge in [0.2, 0.25) is 0 Å². The number of hydrogen-bond acceptors (Lipinski definition) is 4. The highest BCUT2D eigenvalue weighted by molar-refractivity contribution is 5.97. The molecule has 0 heterocycles. The summed E-state index contributed by atoms with van der Waals surface area (Å²) in [5.74, 6) is 1.11. The summed E-state index contributed by atoms with van der Waals surface area (Å²) in [6.07, 6.45) is 0.588. The SMILES string of the molecule is CCOc1ccc(NC(=O)C(C)(CC)OC)cc1OCC. The van der Waals surface area contributed by atoms with E-state index in [1.165, 1.54) is 7.11 Å². The van der Waals surface area contributed by atoms with Crippen LogP contribution in [0.4, 0.5) is 5.69 Å². The minimum Gasteiger partial charge on any atom is -0.490 e. The molecule has 0 fully saturated rings. The summed E-state index contributed by atoms with van der Waals surface area (Å²) in [5, 5.41) is 2.85. The van der Waals surface area contributed by atoms with Crippen LogP contribution in [0.25, 0.3) is 0 Å². The van der Waals surface area contributed by atoms with Crippen LogP contribution in [0, 0.1) is 0 Å². The van der Waals surface area contributed by atoms with E-state index in [0.717, 1.165) is 0 Å². The molecule has 0 aromatic heterocycles. The first kappa shape index (κ1) is 17.3. The van der Waals surface area contributed by atoms with Gasteiger partial charge in [-0.1, -0.05) is 6.92 Å². The van der Waals surface area contributed by atoms with Gasteiger partial charge in [0.15, 0.2) is 11.5 Å². The molecule has 0 spiro atoms. The number of hydrogen-bond donors (Lipinski definition) is 1. The lowest BCUT2D eigenvalue weighted by atomic mass is 10.0. The summed E-state index contributed by atoms with van der Waals surface area (Å²) in [6, 6.07) is 5.34. The summed E-state index contributed by atoms with van der Waals surface area (Å²) in [7, 11) is 1.53. The van der Waals surface area contributed by atoms with Crippen LogP contribution in [0.5, 0.6) is 11.5 Å². The Balaban J connectivity index is 2.94. The molecule has 1 rings (SSSR count). The third-order valence-corrected chi connectivity index (χ3v) is 3.41. The van der Waals surface area contributed by atoms with Crippen LogP contribution in [-0.2, 0) is 9.53 Å². The average molecular weight is 295 g/mol. The van der Waals surface area contributed by atoms with Crippen molar-refractivity contribution in [2.75, 3.05) is 25.6 Å². The largest absolute Gasteiger partial charge is 0.490 e. The third kappa shape index (κ3) is 4.36. The van der Waals surface area contributed by atoms with Crippen molar-refractivity contribution in [3.05, 3.63) is 18.2 Å². The van der Waals surface area contributed by atoms with Crippen LogP contribution in [-0.4, -0.2) is 31.8 Å². The second kappa shape index (κ2) is 7.88. The predicted molar refractivity (Wildman–Crippen MR) is 83.1 cm³/mol. The maximum atomic E-state index is 12.3. The van der Waals surface area contributed by atoms with Crippen LogP contribution in [0.15, 0.2) is 18.2 Å². The van der Waals surface area contributed by atoms with Crippen molar-refractivity contribution in [3.8, 4) is 11.5 Å². The Hall–Kier alpha value is -1.75. The van der Waals surface area contributed by atoms with E-state index in [1.54, 1.807) is 25.1 Å². The minimum absolute atomic E-state index is 0.181. The van der Waals surface area contributed by atoms with Crippen molar-refractivity contribution in [2.24, 2.45) is 0 Å². The monoisotopic (exact) mass is 295 g/mol. The molecule has 1 amide bonds. The average Bonchev–Trinajstić information content (AvgIpc) is 2.49. The van der Waals surface area contributed by atoms with Crippen LogP contribution >= 0.6 is 0 Å². The number of amides is 1. The number of nitrogens with one attached hydrogen (secondary N) is 1. The van der Waals surface area contributed by atoms with Gasteiger partial charge >= 0.3 is 0 Å². The first-order valence-electron chi connectivity index (χ1n) is 7.27. The van der Waals surface area contributed by atoms with Gasteiger partial charge in [-0.15, -0.1) is 0 Å². The fourth-order valence-electron chi connectivity index (χ4n) is 1.79. The summed E-state index contributed by atoms with van der Waals surface area (Å²) < 4.78 is 16.3. The van der Waals surface area contributed by atoms with Crippen LogP contribution in [0.3, 0.4) is 0 Å². The fraction of sp³-hybridized carbons (Fsp3) is 0.562. The molecule has 0 aliphatic heterocycles. The molecule has 1 aromatic rings. The van der Waals surface area contributed by atoms with E-state index >= 15 is 0 Å². The second-order valence-electron chi connectivity index (χ2n) is 4.77. The summed E-state index contributed by atoms with van der Waals surface area (Å²) in [5.41, 5.74) is -0.187. The van der Waals surface area contributed by atoms with Gasteiger partial charge in [0.25, 0.3) is 5.91 Å². The Kier molecular flexibility index (Phi) is 6.49. The topological polar surface area (TPSA) is 56.8 Å². The van der Waals surface area contributed by atoms with Gasteiger partial charge in [-0.25, -0.2) is 0 Å². The van der Waals surface area contributed by atoms with Crippen molar-refractivity contribution in [1.29, 1.82) is 0 Å². The van der Waals surface area contributed by atoms with Crippen molar-refractivity contribution in [3.63, 3.8) is 0 Å². The standard InChI is InChI=1S/C16H25NO4/c1-6-16(4,19-5)15(18)17-12-9-10-13(20-7-2)14(11-12)21-8-3/h9-11H,6-8H2,1-5H3,(H,17,18). The quantitative estimate of drug-likeness (QED) is 0.800. The van der Waals surface area contributed by atoms with E-state index < -0.39 is 5.60 Å². The number of carbonyl (C=O) groups excluding carboxylic acids is 1. The molecule has 0 saturated heterocycles. The number of ether oxygens (including phenoxy) is 3. The van der Waals surface area contributed by atoms with E-state index in [2.05, 4.69) is 5.32 Å². The zero-order chi connectivity index (χ0) is 15.9. The summed E-state index contributed by atoms with van der Waals surface area (Å²) in [4.78, 5) is 12.3. The molecule has 1 aromatic carbocycles. The minimum atomic E-state index is -0.843. The Morgan fingerprint density at radius 3 is 2.29 bits per heavy atom. The van der Waals surface area contributed by atoms with E-state index in [9.17, 15) is 4.79 Å². The van der Waals surface area contributed by atoms with Gasteiger partial charge in [0, 0.05) is 18.9 Å². The Bertz CT molecular complexity index is 469. The molecule has 1 unspecified atom stereocenters.